The summed E-state index contributed by atoms with van der Waals surface area (Å²) < 4.78 is 6.61. The lowest BCUT2D eigenvalue weighted by atomic mass is 9.44. The summed E-state index contributed by atoms with van der Waals surface area (Å²) in [5.74, 6) is 6.61. The molecule has 4 aliphatic carbocycles. The number of rotatable bonds is 8. The van der Waals surface area contributed by atoms with Gasteiger partial charge in [-0.1, -0.05) is 67.2 Å². The van der Waals surface area contributed by atoms with Crippen LogP contribution in [0.1, 0.15) is 125 Å². The van der Waals surface area contributed by atoms with Gasteiger partial charge in [-0.2, -0.15) is 0 Å². The van der Waals surface area contributed by atoms with E-state index in [9.17, 15) is 0 Å². The lowest BCUT2D eigenvalue weighted by molar-refractivity contribution is -0.181. The van der Waals surface area contributed by atoms with Crippen LogP contribution in [0.4, 0.5) is 0 Å². The molecular weight excluding hydrogens is 376 g/mol. The third kappa shape index (κ3) is 4.28. The summed E-state index contributed by atoms with van der Waals surface area (Å²) >= 11 is 0. The molecule has 4 rings (SSSR count). The molecule has 2 unspecified atom stereocenters. The van der Waals surface area contributed by atoms with Gasteiger partial charge in [0.05, 0.1) is 6.10 Å². The minimum absolute atomic E-state index is 0.457. The molecule has 9 atom stereocenters. The maximum atomic E-state index is 6.61. The number of hydrogen-bond donors (Lipinski definition) is 0. The molecule has 0 amide bonds. The quantitative estimate of drug-likeness (QED) is 0.373. The normalized spacial score (nSPS) is 45.8. The van der Waals surface area contributed by atoms with Gasteiger partial charge in [0.1, 0.15) is 0 Å². The van der Waals surface area contributed by atoms with Crippen LogP contribution in [0, 0.1) is 52.3 Å². The molecule has 0 aromatic rings. The van der Waals surface area contributed by atoms with E-state index in [4.69, 9.17) is 4.74 Å². The molecule has 0 spiro atoms. The lowest BCUT2D eigenvalue weighted by Gasteiger charge is -2.62. The van der Waals surface area contributed by atoms with Crippen molar-refractivity contribution < 1.29 is 4.74 Å². The predicted octanol–water partition coefficient (Wildman–Crippen LogP) is 8.90. The van der Waals surface area contributed by atoms with E-state index < -0.39 is 0 Å². The van der Waals surface area contributed by atoms with Crippen molar-refractivity contribution in [2.45, 2.75) is 131 Å². The fraction of sp³-hybridized carbons (Fsp3) is 1.00. The average Bonchev–Trinajstić information content (AvgIpc) is 3.09. The van der Waals surface area contributed by atoms with Gasteiger partial charge in [0, 0.05) is 6.61 Å². The number of hydrogen-bond acceptors (Lipinski definition) is 1. The molecule has 4 saturated carbocycles. The van der Waals surface area contributed by atoms with Gasteiger partial charge in [-0.3, -0.25) is 0 Å². The van der Waals surface area contributed by atoms with E-state index in [1.54, 1.807) is 0 Å². The molecule has 31 heavy (non-hydrogen) atoms. The van der Waals surface area contributed by atoms with Gasteiger partial charge in [-0.15, -0.1) is 0 Å². The number of ether oxygens (including phenoxy) is 1. The van der Waals surface area contributed by atoms with E-state index in [0.717, 1.165) is 48.0 Å². The highest BCUT2D eigenvalue weighted by atomic mass is 16.5. The molecule has 4 aliphatic rings. The molecule has 1 nitrogen and oxygen atoms in total. The Morgan fingerprint density at radius 3 is 2.42 bits per heavy atom. The van der Waals surface area contributed by atoms with Crippen molar-refractivity contribution >= 4 is 0 Å². The first-order chi connectivity index (χ1) is 14.8. The smallest absolute Gasteiger partial charge is 0.0634 e. The third-order valence-corrected chi connectivity index (χ3v) is 11.4. The van der Waals surface area contributed by atoms with Gasteiger partial charge in [0.15, 0.2) is 0 Å². The fourth-order valence-electron chi connectivity index (χ4n) is 9.83. The first-order valence-corrected chi connectivity index (χ1v) is 14.4. The zero-order valence-electron chi connectivity index (χ0n) is 21.9. The summed E-state index contributed by atoms with van der Waals surface area (Å²) in [5, 5.41) is 0. The topological polar surface area (TPSA) is 9.23 Å². The summed E-state index contributed by atoms with van der Waals surface area (Å²) in [7, 11) is 0. The second-order valence-corrected chi connectivity index (χ2v) is 13.3. The van der Waals surface area contributed by atoms with Gasteiger partial charge in [0.2, 0.25) is 0 Å². The van der Waals surface area contributed by atoms with Gasteiger partial charge in [-0.05, 0) is 110 Å². The zero-order chi connectivity index (χ0) is 22.2. The van der Waals surface area contributed by atoms with E-state index >= 15 is 0 Å². The van der Waals surface area contributed by atoms with E-state index in [1.807, 2.05) is 0 Å². The van der Waals surface area contributed by atoms with Crippen LogP contribution in [0.25, 0.3) is 0 Å². The molecule has 0 N–H and O–H groups in total. The van der Waals surface area contributed by atoms with Crippen molar-refractivity contribution in [1.82, 2.24) is 0 Å². The first kappa shape index (κ1) is 24.1. The molecule has 0 aromatic heterocycles. The van der Waals surface area contributed by atoms with Crippen molar-refractivity contribution in [3.05, 3.63) is 0 Å². The zero-order valence-corrected chi connectivity index (χ0v) is 21.9. The molecule has 0 radical (unpaired) electrons. The molecule has 0 saturated heterocycles. The fourth-order valence-corrected chi connectivity index (χ4v) is 9.83. The Hall–Kier alpha value is -0.0400. The van der Waals surface area contributed by atoms with Crippen molar-refractivity contribution in [1.29, 1.82) is 0 Å². The highest BCUT2D eigenvalue weighted by Crippen LogP contribution is 2.68. The van der Waals surface area contributed by atoms with E-state index in [1.165, 1.54) is 83.5 Å². The second kappa shape index (κ2) is 9.68. The van der Waals surface area contributed by atoms with Crippen LogP contribution in [-0.2, 0) is 4.74 Å². The molecule has 4 fully saturated rings. The minimum atomic E-state index is 0.457. The molecule has 0 aromatic carbocycles. The first-order valence-electron chi connectivity index (χ1n) is 14.4. The van der Waals surface area contributed by atoms with E-state index in [-0.39, 0.29) is 0 Å². The Balaban J connectivity index is 1.49. The van der Waals surface area contributed by atoms with Crippen LogP contribution in [-0.4, -0.2) is 12.7 Å². The standard InChI is InChI=1S/C30H54O/c1-7-20-31-28-13-9-12-23-14-15-24-26-17-16-25(22(4)11-8-10-21(2)3)29(26,5)19-18-27(24)30(23,28)6/h21-28H,7-20H2,1-6H3/t22-,23?,24+,25-,26+,27+,28?,29-,30+/m1/s1. The van der Waals surface area contributed by atoms with Crippen LogP contribution < -0.4 is 0 Å². The SMILES string of the molecule is CCCOC1CCCC2CC[C@@H]3[C@H](CC[C@]4(C)[C@@H]([C@H](C)CCCC(C)C)CC[C@@H]34)[C@]21C. The average molecular weight is 431 g/mol. The van der Waals surface area contributed by atoms with Crippen LogP contribution in [0.5, 0.6) is 0 Å². The Kier molecular flexibility index (Phi) is 7.52. The van der Waals surface area contributed by atoms with E-state index in [0.29, 0.717) is 16.9 Å². The van der Waals surface area contributed by atoms with Gasteiger partial charge >= 0.3 is 0 Å². The highest BCUT2D eigenvalue weighted by Gasteiger charge is 2.62. The minimum Gasteiger partial charge on any atom is -0.378 e. The second-order valence-electron chi connectivity index (χ2n) is 13.3. The molecule has 0 heterocycles. The van der Waals surface area contributed by atoms with Crippen molar-refractivity contribution in [3.8, 4) is 0 Å². The summed E-state index contributed by atoms with van der Waals surface area (Å²) in [6.45, 7) is 16.1. The van der Waals surface area contributed by atoms with Crippen LogP contribution in [0.3, 0.4) is 0 Å². The maximum absolute atomic E-state index is 6.61. The maximum Gasteiger partial charge on any atom is 0.0634 e. The molecule has 180 valence electrons. The Morgan fingerprint density at radius 2 is 1.68 bits per heavy atom. The third-order valence-electron chi connectivity index (χ3n) is 11.4. The largest absolute Gasteiger partial charge is 0.378 e. The van der Waals surface area contributed by atoms with Crippen molar-refractivity contribution in [3.63, 3.8) is 0 Å². The molecular formula is C30H54O. The van der Waals surface area contributed by atoms with Gasteiger partial charge in [-0.25, -0.2) is 0 Å². The lowest BCUT2D eigenvalue weighted by Crippen LogP contribution is -2.58. The molecule has 0 aliphatic heterocycles. The Bertz CT molecular complexity index is 583. The van der Waals surface area contributed by atoms with Gasteiger partial charge < -0.3 is 4.74 Å². The highest BCUT2D eigenvalue weighted by molar-refractivity contribution is 5.11. The molecule has 1 heteroatoms. The summed E-state index contributed by atoms with van der Waals surface area (Å²) in [5.41, 5.74) is 1.08. The number of fused-ring (bicyclic) bond motifs is 5. The summed E-state index contributed by atoms with van der Waals surface area (Å²) in [6, 6.07) is 0. The monoisotopic (exact) mass is 430 g/mol. The van der Waals surface area contributed by atoms with Crippen LogP contribution >= 0.6 is 0 Å². The van der Waals surface area contributed by atoms with Crippen molar-refractivity contribution in [2.75, 3.05) is 6.61 Å². The Morgan fingerprint density at radius 1 is 0.871 bits per heavy atom. The van der Waals surface area contributed by atoms with Crippen molar-refractivity contribution in [2.24, 2.45) is 52.3 Å². The van der Waals surface area contributed by atoms with E-state index in [2.05, 4.69) is 41.5 Å². The van der Waals surface area contributed by atoms with Gasteiger partial charge in [0.25, 0.3) is 0 Å². The summed E-state index contributed by atoms with van der Waals surface area (Å²) in [6.07, 6.45) is 19.3. The predicted molar refractivity (Wildman–Crippen MR) is 133 cm³/mol. The molecule has 0 bridgehead atoms. The Labute approximate surface area is 194 Å². The van der Waals surface area contributed by atoms with Crippen LogP contribution in [0.15, 0.2) is 0 Å². The summed E-state index contributed by atoms with van der Waals surface area (Å²) in [4.78, 5) is 0. The van der Waals surface area contributed by atoms with Crippen LogP contribution in [0.2, 0.25) is 0 Å².